The van der Waals surface area contributed by atoms with Crippen LogP contribution in [0.15, 0.2) is 24.3 Å². The van der Waals surface area contributed by atoms with E-state index in [-0.39, 0.29) is 11.4 Å². The Kier molecular flexibility index (Phi) is 4.25. The van der Waals surface area contributed by atoms with Gasteiger partial charge in [0, 0.05) is 25.6 Å². The Morgan fingerprint density at radius 1 is 1.32 bits per heavy atom. The van der Waals surface area contributed by atoms with Gasteiger partial charge >= 0.3 is 0 Å². The molecule has 0 atom stereocenters. The van der Waals surface area contributed by atoms with Gasteiger partial charge in [0.2, 0.25) is 5.91 Å². The highest BCUT2D eigenvalue weighted by molar-refractivity contribution is 5.77. The van der Waals surface area contributed by atoms with E-state index in [4.69, 9.17) is 5.73 Å². The van der Waals surface area contributed by atoms with E-state index in [1.54, 1.807) is 4.90 Å². The van der Waals surface area contributed by atoms with Gasteiger partial charge in [-0.1, -0.05) is 37.1 Å². The van der Waals surface area contributed by atoms with Gasteiger partial charge in [0.05, 0.1) is 0 Å². The van der Waals surface area contributed by atoms with E-state index in [1.807, 2.05) is 19.2 Å². The molecule has 3 nitrogen and oxygen atoms in total. The Balaban J connectivity index is 1.94. The fraction of sp³-hybridized carbons (Fsp3) is 0.562. The molecule has 0 saturated heterocycles. The van der Waals surface area contributed by atoms with E-state index in [1.165, 1.54) is 11.1 Å². The minimum atomic E-state index is -0.253. The lowest BCUT2D eigenvalue weighted by Crippen LogP contribution is -2.42. The molecule has 1 aliphatic rings. The van der Waals surface area contributed by atoms with Crippen LogP contribution in [0.25, 0.3) is 0 Å². The third-order valence-corrected chi connectivity index (χ3v) is 4.20. The van der Waals surface area contributed by atoms with Crippen LogP contribution in [0.2, 0.25) is 0 Å². The van der Waals surface area contributed by atoms with Crippen LogP contribution in [-0.2, 0) is 11.3 Å². The highest BCUT2D eigenvalue weighted by atomic mass is 16.2. The van der Waals surface area contributed by atoms with Crippen molar-refractivity contribution in [2.24, 2.45) is 5.73 Å². The molecule has 1 amide bonds. The van der Waals surface area contributed by atoms with Gasteiger partial charge in [-0.3, -0.25) is 4.79 Å². The third-order valence-electron chi connectivity index (χ3n) is 4.20. The van der Waals surface area contributed by atoms with E-state index < -0.39 is 0 Å². The fourth-order valence-electron chi connectivity index (χ4n) is 2.82. The number of hydrogen-bond acceptors (Lipinski definition) is 2. The average Bonchev–Trinajstić information content (AvgIpc) is 2.78. The second kappa shape index (κ2) is 5.74. The Bertz CT molecular complexity index is 450. The van der Waals surface area contributed by atoms with E-state index in [0.29, 0.717) is 13.0 Å². The maximum Gasteiger partial charge on any atom is 0.224 e. The maximum absolute atomic E-state index is 12.3. The summed E-state index contributed by atoms with van der Waals surface area (Å²) >= 11 is 0. The molecule has 0 aromatic heterocycles. The summed E-state index contributed by atoms with van der Waals surface area (Å²) in [4.78, 5) is 14.1. The lowest BCUT2D eigenvalue weighted by Gasteiger charge is -2.26. The van der Waals surface area contributed by atoms with Crippen LogP contribution in [0.4, 0.5) is 0 Å². The molecule has 19 heavy (non-hydrogen) atoms. The molecule has 0 bridgehead atoms. The van der Waals surface area contributed by atoms with Crippen molar-refractivity contribution in [3.05, 3.63) is 35.4 Å². The number of aryl methyl sites for hydroxylation is 1. The number of carbonyl (C=O) groups excluding carboxylic acids is 1. The lowest BCUT2D eigenvalue weighted by molar-refractivity contribution is -0.131. The fourth-order valence-corrected chi connectivity index (χ4v) is 2.82. The molecule has 1 saturated carbocycles. The van der Waals surface area contributed by atoms with Gasteiger partial charge in [-0.15, -0.1) is 0 Å². The molecule has 2 N–H and O–H groups in total. The normalized spacial score (nSPS) is 17.4. The molecule has 1 aliphatic carbocycles. The van der Waals surface area contributed by atoms with Crippen LogP contribution in [0.1, 0.15) is 43.2 Å². The van der Waals surface area contributed by atoms with Crippen LogP contribution < -0.4 is 5.73 Å². The Morgan fingerprint density at radius 2 is 1.95 bits per heavy atom. The van der Waals surface area contributed by atoms with Gasteiger partial charge < -0.3 is 10.6 Å². The zero-order chi connectivity index (χ0) is 13.9. The summed E-state index contributed by atoms with van der Waals surface area (Å²) in [5.74, 6) is 0.160. The third kappa shape index (κ3) is 3.57. The summed E-state index contributed by atoms with van der Waals surface area (Å²) in [6.45, 7) is 2.75. The zero-order valence-electron chi connectivity index (χ0n) is 12.0. The van der Waals surface area contributed by atoms with E-state index in [0.717, 1.165) is 25.7 Å². The van der Waals surface area contributed by atoms with Crippen molar-refractivity contribution in [1.29, 1.82) is 0 Å². The van der Waals surface area contributed by atoms with Crippen molar-refractivity contribution in [3.8, 4) is 0 Å². The smallest absolute Gasteiger partial charge is 0.224 e. The molecule has 0 radical (unpaired) electrons. The van der Waals surface area contributed by atoms with E-state index in [9.17, 15) is 4.79 Å². The highest BCUT2D eigenvalue weighted by Gasteiger charge is 2.32. The second-order valence-corrected chi connectivity index (χ2v) is 5.92. The second-order valence-electron chi connectivity index (χ2n) is 5.92. The van der Waals surface area contributed by atoms with Gasteiger partial charge in [0.1, 0.15) is 0 Å². The predicted octanol–water partition coefficient (Wildman–Crippen LogP) is 2.62. The molecule has 0 heterocycles. The molecule has 0 unspecified atom stereocenters. The average molecular weight is 260 g/mol. The monoisotopic (exact) mass is 260 g/mol. The number of benzene rings is 1. The molecule has 0 spiro atoms. The number of nitrogens with two attached hydrogens (primary N) is 1. The van der Waals surface area contributed by atoms with Crippen molar-refractivity contribution < 1.29 is 4.79 Å². The predicted molar refractivity (Wildman–Crippen MR) is 77.7 cm³/mol. The van der Waals surface area contributed by atoms with Gasteiger partial charge in [0.25, 0.3) is 0 Å². The Labute approximate surface area is 115 Å². The summed E-state index contributed by atoms with van der Waals surface area (Å²) in [6.07, 6.45) is 4.76. The first-order valence-electron chi connectivity index (χ1n) is 7.07. The number of carbonyl (C=O) groups is 1. The molecule has 3 heteroatoms. The number of amides is 1. The van der Waals surface area contributed by atoms with Crippen molar-refractivity contribution in [3.63, 3.8) is 0 Å². The number of nitrogens with zero attached hydrogens (tertiary/aromatic N) is 1. The standard InChI is InChI=1S/C16H24N2O/c1-13-7-3-4-8-14(13)12-18(2)15(19)11-16(17)9-5-6-10-16/h3-4,7-8H,5-6,9-12,17H2,1-2H3. The molecule has 2 rings (SSSR count). The first kappa shape index (κ1) is 14.1. The summed E-state index contributed by atoms with van der Waals surface area (Å²) < 4.78 is 0. The molecular weight excluding hydrogens is 236 g/mol. The zero-order valence-corrected chi connectivity index (χ0v) is 12.0. The van der Waals surface area contributed by atoms with Crippen LogP contribution in [-0.4, -0.2) is 23.4 Å². The van der Waals surface area contributed by atoms with Crippen LogP contribution in [0, 0.1) is 6.92 Å². The summed E-state index contributed by atoms with van der Waals surface area (Å²) in [7, 11) is 1.87. The van der Waals surface area contributed by atoms with Crippen molar-refractivity contribution in [1.82, 2.24) is 4.90 Å². The summed E-state index contributed by atoms with van der Waals surface area (Å²) in [5.41, 5.74) is 8.45. The molecule has 1 aromatic carbocycles. The van der Waals surface area contributed by atoms with Gasteiger partial charge in [-0.2, -0.15) is 0 Å². The number of rotatable bonds is 4. The Morgan fingerprint density at radius 3 is 2.58 bits per heavy atom. The quantitative estimate of drug-likeness (QED) is 0.904. The van der Waals surface area contributed by atoms with Crippen molar-refractivity contribution in [2.75, 3.05) is 7.05 Å². The Hall–Kier alpha value is -1.35. The molecule has 1 aromatic rings. The largest absolute Gasteiger partial charge is 0.341 e. The van der Waals surface area contributed by atoms with Gasteiger partial charge in [-0.05, 0) is 30.9 Å². The first-order valence-corrected chi connectivity index (χ1v) is 7.07. The van der Waals surface area contributed by atoms with Crippen molar-refractivity contribution >= 4 is 5.91 Å². The molecule has 0 aliphatic heterocycles. The maximum atomic E-state index is 12.3. The minimum absolute atomic E-state index is 0.160. The lowest BCUT2D eigenvalue weighted by atomic mass is 9.94. The number of hydrogen-bond donors (Lipinski definition) is 1. The van der Waals surface area contributed by atoms with Crippen molar-refractivity contribution in [2.45, 2.75) is 51.1 Å². The van der Waals surface area contributed by atoms with Gasteiger partial charge in [-0.25, -0.2) is 0 Å². The molecule has 104 valence electrons. The molecule has 1 fully saturated rings. The topological polar surface area (TPSA) is 46.3 Å². The van der Waals surface area contributed by atoms with E-state index >= 15 is 0 Å². The summed E-state index contributed by atoms with van der Waals surface area (Å²) in [6, 6.07) is 8.19. The first-order chi connectivity index (χ1) is 9.00. The van der Waals surface area contributed by atoms with E-state index in [2.05, 4.69) is 19.1 Å². The van der Waals surface area contributed by atoms with Crippen LogP contribution >= 0.6 is 0 Å². The molecular formula is C16H24N2O. The SMILES string of the molecule is Cc1ccccc1CN(C)C(=O)CC1(N)CCCC1. The van der Waals surface area contributed by atoms with Crippen LogP contribution in [0.3, 0.4) is 0 Å². The summed E-state index contributed by atoms with van der Waals surface area (Å²) in [5, 5.41) is 0. The van der Waals surface area contributed by atoms with Gasteiger partial charge in [0.15, 0.2) is 0 Å². The minimum Gasteiger partial charge on any atom is -0.341 e. The highest BCUT2D eigenvalue weighted by Crippen LogP contribution is 2.30. The van der Waals surface area contributed by atoms with Crippen LogP contribution in [0.5, 0.6) is 0 Å².